The highest BCUT2D eigenvalue weighted by Crippen LogP contribution is 2.36. The van der Waals surface area contributed by atoms with Crippen LogP contribution in [0.15, 0.2) is 24.5 Å². The molecule has 1 aliphatic heterocycles. The van der Waals surface area contributed by atoms with Gasteiger partial charge in [0.1, 0.15) is 17.3 Å². The van der Waals surface area contributed by atoms with Crippen LogP contribution in [0.1, 0.15) is 53.7 Å². The number of fused-ring (bicyclic) bond motifs is 1. The van der Waals surface area contributed by atoms with E-state index in [0.717, 1.165) is 39.6 Å². The van der Waals surface area contributed by atoms with Crippen molar-refractivity contribution < 1.29 is 4.74 Å². The zero-order chi connectivity index (χ0) is 22.7. The highest BCUT2D eigenvalue weighted by molar-refractivity contribution is 7.15. The molecule has 0 N–H and O–H groups in total. The van der Waals surface area contributed by atoms with Crippen molar-refractivity contribution in [1.82, 2.24) is 29.7 Å². The Balaban J connectivity index is 1.41. The lowest BCUT2D eigenvalue weighted by molar-refractivity contribution is -0.0178. The first-order valence-electron chi connectivity index (χ1n) is 11.5. The van der Waals surface area contributed by atoms with Crippen LogP contribution in [-0.4, -0.2) is 48.9 Å². The smallest absolute Gasteiger partial charge is 0.228 e. The third-order valence-electron chi connectivity index (χ3n) is 6.36. The first-order chi connectivity index (χ1) is 15.9. The molecule has 1 saturated carbocycles. The fourth-order valence-corrected chi connectivity index (χ4v) is 5.19. The topological polar surface area (TPSA) is 81.9 Å². The van der Waals surface area contributed by atoms with Gasteiger partial charge in [0.05, 0.1) is 41.2 Å². The van der Waals surface area contributed by atoms with E-state index in [0.29, 0.717) is 24.2 Å². The minimum absolute atomic E-state index is 0.0468. The van der Waals surface area contributed by atoms with Crippen molar-refractivity contribution >= 4 is 28.4 Å². The van der Waals surface area contributed by atoms with Crippen molar-refractivity contribution in [2.45, 2.75) is 58.8 Å². The zero-order valence-electron chi connectivity index (χ0n) is 19.3. The largest absolute Gasteiger partial charge is 0.367 e. The number of aromatic nitrogens is 6. The predicted molar refractivity (Wildman–Crippen MR) is 129 cm³/mol. The molecule has 9 heteroatoms. The summed E-state index contributed by atoms with van der Waals surface area (Å²) in [5.74, 6) is 0.677. The van der Waals surface area contributed by atoms with Gasteiger partial charge in [-0.15, -0.1) is 11.3 Å². The van der Waals surface area contributed by atoms with Crippen molar-refractivity contribution in [1.29, 1.82) is 0 Å². The number of nitrogens with zero attached hydrogens (tertiary/aromatic N) is 7. The average molecular weight is 462 g/mol. The molecule has 0 spiro atoms. The molecule has 2 atom stereocenters. The lowest BCUT2D eigenvalue weighted by atomic mass is 10.1. The molecule has 2 fully saturated rings. The van der Waals surface area contributed by atoms with Crippen molar-refractivity contribution in [3.63, 3.8) is 0 Å². The molecule has 0 unspecified atom stereocenters. The van der Waals surface area contributed by atoms with Crippen molar-refractivity contribution in [2.24, 2.45) is 0 Å². The van der Waals surface area contributed by atoms with Gasteiger partial charge >= 0.3 is 0 Å². The molecule has 170 valence electrons. The van der Waals surface area contributed by atoms with Gasteiger partial charge in [0.15, 0.2) is 5.65 Å². The summed E-state index contributed by atoms with van der Waals surface area (Å²) >= 11 is 1.72. The SMILES string of the molecule is Cc1ccc(-c2nc(N3C[C@@H](C)O[C@@H](c4cnn(C5CC5)c4)C3)nc3nc(C)c(C)nc23)s1. The van der Waals surface area contributed by atoms with Crippen LogP contribution in [-0.2, 0) is 4.74 Å². The Labute approximate surface area is 196 Å². The van der Waals surface area contributed by atoms with E-state index in [-0.39, 0.29) is 12.2 Å². The maximum Gasteiger partial charge on any atom is 0.228 e. The average Bonchev–Trinajstić information content (AvgIpc) is 3.35. The fourth-order valence-electron chi connectivity index (χ4n) is 4.33. The predicted octanol–water partition coefficient (Wildman–Crippen LogP) is 4.57. The standard InChI is InChI=1S/C24H27N7OS/c1-13-10-30(12-19(32-13)17-9-25-31(11-17)18-6-7-18)24-28-21(20-8-5-14(2)33-20)22-23(29-24)27-16(4)15(3)26-22/h5,8-9,11,13,18-19H,6-7,10,12H2,1-4H3/t13-,19-/m1/s1. The Bertz CT molecular complexity index is 1340. The number of morpholine rings is 1. The molecule has 0 aromatic carbocycles. The van der Waals surface area contributed by atoms with Gasteiger partial charge in [0.25, 0.3) is 0 Å². The molecule has 1 aliphatic carbocycles. The second-order valence-electron chi connectivity index (χ2n) is 9.17. The highest BCUT2D eigenvalue weighted by Gasteiger charge is 2.31. The summed E-state index contributed by atoms with van der Waals surface area (Å²) in [6, 6.07) is 4.79. The minimum atomic E-state index is -0.0705. The summed E-state index contributed by atoms with van der Waals surface area (Å²) in [6.45, 7) is 9.56. The maximum absolute atomic E-state index is 6.30. The number of aryl methyl sites for hydroxylation is 3. The van der Waals surface area contributed by atoms with E-state index in [1.165, 1.54) is 17.7 Å². The van der Waals surface area contributed by atoms with Crippen LogP contribution in [0.5, 0.6) is 0 Å². The Morgan fingerprint density at radius 2 is 1.82 bits per heavy atom. The van der Waals surface area contributed by atoms with E-state index in [1.807, 2.05) is 20.0 Å². The molecule has 5 heterocycles. The van der Waals surface area contributed by atoms with Crippen LogP contribution in [0.4, 0.5) is 5.95 Å². The number of hydrogen-bond acceptors (Lipinski definition) is 8. The summed E-state index contributed by atoms with van der Waals surface area (Å²) in [6.07, 6.45) is 6.48. The van der Waals surface area contributed by atoms with Crippen LogP contribution in [0.25, 0.3) is 21.7 Å². The van der Waals surface area contributed by atoms with Crippen molar-refractivity contribution in [3.8, 4) is 10.6 Å². The normalized spacial score (nSPS) is 21.2. The highest BCUT2D eigenvalue weighted by atomic mass is 32.1. The number of thiophene rings is 1. The number of rotatable bonds is 4. The van der Waals surface area contributed by atoms with Crippen LogP contribution in [0, 0.1) is 20.8 Å². The summed E-state index contributed by atoms with van der Waals surface area (Å²) in [5.41, 5.74) is 5.15. The fraction of sp³-hybridized carbons (Fsp3) is 0.458. The molecule has 4 aromatic rings. The summed E-state index contributed by atoms with van der Waals surface area (Å²) in [7, 11) is 0. The summed E-state index contributed by atoms with van der Waals surface area (Å²) in [4.78, 5) is 24.0. The van der Waals surface area contributed by atoms with E-state index >= 15 is 0 Å². The monoisotopic (exact) mass is 461 g/mol. The van der Waals surface area contributed by atoms with Gasteiger partial charge < -0.3 is 9.64 Å². The first-order valence-corrected chi connectivity index (χ1v) is 12.3. The van der Waals surface area contributed by atoms with E-state index in [4.69, 9.17) is 24.7 Å². The molecular weight excluding hydrogens is 434 g/mol. The third-order valence-corrected chi connectivity index (χ3v) is 7.37. The van der Waals surface area contributed by atoms with Crippen LogP contribution in [0.3, 0.4) is 0 Å². The van der Waals surface area contributed by atoms with E-state index in [9.17, 15) is 0 Å². The van der Waals surface area contributed by atoms with E-state index < -0.39 is 0 Å². The summed E-state index contributed by atoms with van der Waals surface area (Å²) < 4.78 is 8.38. The quantitative estimate of drug-likeness (QED) is 0.440. The molecule has 1 saturated heterocycles. The number of ether oxygens (including phenoxy) is 1. The zero-order valence-corrected chi connectivity index (χ0v) is 20.1. The number of hydrogen-bond donors (Lipinski definition) is 0. The minimum Gasteiger partial charge on any atom is -0.367 e. The molecule has 33 heavy (non-hydrogen) atoms. The second-order valence-corrected chi connectivity index (χ2v) is 10.5. The molecule has 0 bridgehead atoms. The van der Waals surface area contributed by atoms with Crippen LogP contribution in [0.2, 0.25) is 0 Å². The summed E-state index contributed by atoms with van der Waals surface area (Å²) in [5, 5.41) is 4.56. The van der Waals surface area contributed by atoms with E-state index in [2.05, 4.69) is 46.9 Å². The second kappa shape index (κ2) is 7.85. The Morgan fingerprint density at radius 3 is 2.58 bits per heavy atom. The van der Waals surface area contributed by atoms with Gasteiger partial charge in [0, 0.05) is 23.2 Å². The van der Waals surface area contributed by atoms with Gasteiger partial charge in [-0.3, -0.25) is 4.68 Å². The molecule has 0 radical (unpaired) electrons. The van der Waals surface area contributed by atoms with Crippen LogP contribution < -0.4 is 4.90 Å². The molecule has 0 amide bonds. The van der Waals surface area contributed by atoms with Gasteiger partial charge in [-0.25, -0.2) is 15.0 Å². The molecular formula is C24H27N7OS. The maximum atomic E-state index is 6.30. The van der Waals surface area contributed by atoms with Crippen molar-refractivity contribution in [3.05, 3.63) is 46.4 Å². The van der Waals surface area contributed by atoms with Crippen molar-refractivity contribution in [2.75, 3.05) is 18.0 Å². The molecule has 6 rings (SSSR count). The Hall–Kier alpha value is -2.91. The first kappa shape index (κ1) is 20.7. The van der Waals surface area contributed by atoms with Gasteiger partial charge in [-0.1, -0.05) is 0 Å². The molecule has 8 nitrogen and oxygen atoms in total. The lowest BCUT2D eigenvalue weighted by Crippen LogP contribution is -2.43. The molecule has 4 aromatic heterocycles. The Kier molecular flexibility index (Phi) is 4.92. The third kappa shape index (κ3) is 3.89. The number of anilines is 1. The van der Waals surface area contributed by atoms with Crippen LogP contribution >= 0.6 is 11.3 Å². The Morgan fingerprint density at radius 1 is 1.00 bits per heavy atom. The van der Waals surface area contributed by atoms with Gasteiger partial charge in [-0.05, 0) is 52.7 Å². The van der Waals surface area contributed by atoms with E-state index in [1.54, 1.807) is 11.3 Å². The van der Waals surface area contributed by atoms with Gasteiger partial charge in [-0.2, -0.15) is 10.1 Å². The lowest BCUT2D eigenvalue weighted by Gasteiger charge is -2.36. The van der Waals surface area contributed by atoms with Gasteiger partial charge in [0.2, 0.25) is 5.95 Å². The molecule has 2 aliphatic rings.